The Morgan fingerprint density at radius 1 is 1.27 bits per heavy atom. The molecule has 30 heavy (non-hydrogen) atoms. The van der Waals surface area contributed by atoms with Crippen molar-refractivity contribution in [2.75, 3.05) is 29.9 Å². The van der Waals surface area contributed by atoms with Gasteiger partial charge in [-0.1, -0.05) is 12.1 Å². The van der Waals surface area contributed by atoms with Crippen molar-refractivity contribution < 1.29 is 4.79 Å². The van der Waals surface area contributed by atoms with Crippen molar-refractivity contribution in [3.05, 3.63) is 53.7 Å². The fourth-order valence-corrected chi connectivity index (χ4v) is 4.93. The molecule has 1 fully saturated rings. The molecule has 1 saturated heterocycles. The predicted octanol–water partition coefficient (Wildman–Crippen LogP) is 1.58. The van der Waals surface area contributed by atoms with Crippen LogP contribution in [0.15, 0.2) is 47.5 Å². The zero-order valence-corrected chi connectivity index (χ0v) is 17.1. The summed E-state index contributed by atoms with van der Waals surface area (Å²) < 4.78 is 1.63. The summed E-state index contributed by atoms with van der Waals surface area (Å²) in [6.45, 7) is 3.29. The third kappa shape index (κ3) is 2.37. The second-order valence-electron chi connectivity index (χ2n) is 7.70. The number of hydrazine groups is 1. The summed E-state index contributed by atoms with van der Waals surface area (Å²) in [4.78, 5) is 22.7. The number of anilines is 1. The summed E-state index contributed by atoms with van der Waals surface area (Å²) in [7, 11) is 0. The molecule has 0 aliphatic carbocycles. The molecule has 4 aliphatic rings. The monoisotopic (exact) mass is 425 g/mol. The Labute approximate surface area is 178 Å². The van der Waals surface area contributed by atoms with Crippen LogP contribution in [0.1, 0.15) is 37.1 Å². The molecule has 11 heteroatoms. The number of aromatic nitrogens is 3. The molecule has 1 atom stereocenters. The lowest BCUT2D eigenvalue weighted by atomic mass is 10.1. The van der Waals surface area contributed by atoms with Crippen molar-refractivity contribution in [1.29, 1.82) is 0 Å². The molecule has 4 aliphatic heterocycles. The van der Waals surface area contributed by atoms with Gasteiger partial charge in [-0.25, -0.2) is 4.99 Å². The van der Waals surface area contributed by atoms with Crippen LogP contribution in [0.4, 0.5) is 5.69 Å². The predicted molar refractivity (Wildman–Crippen MR) is 110 cm³/mol. The van der Waals surface area contributed by atoms with E-state index in [4.69, 9.17) is 16.8 Å². The molecule has 154 valence electrons. The number of carbonyl (C=O) groups is 1. The van der Waals surface area contributed by atoms with Crippen molar-refractivity contribution >= 4 is 29.2 Å². The number of hydrogen-bond donors (Lipinski definition) is 0. The minimum atomic E-state index is -0.0446. The zero-order valence-electron chi connectivity index (χ0n) is 16.4. The largest absolute Gasteiger partial charge is 0.334 e. The number of fused-ring (bicyclic) bond motifs is 6. The lowest BCUT2D eigenvalue weighted by molar-refractivity contribution is -0.129. The van der Waals surface area contributed by atoms with E-state index in [9.17, 15) is 4.79 Å². The maximum atomic E-state index is 12.1. The standard InChI is InChI=1S/C19H20ClN9O/c1-13(30)25-8-4-7-16(25)17-9-22-23-29(17)27-11-21-19-14-5-2-3-6-15(14)26-12-24(20)10-18(26)28(19)27/h2-3,5-6,9-10,16H,4,7-8,11-12H2,1H3. The summed E-state index contributed by atoms with van der Waals surface area (Å²) in [5.41, 5.74) is 2.99. The van der Waals surface area contributed by atoms with Crippen LogP contribution in [0.5, 0.6) is 0 Å². The van der Waals surface area contributed by atoms with Crippen molar-refractivity contribution in [2.24, 2.45) is 4.99 Å². The van der Waals surface area contributed by atoms with Crippen LogP contribution in [-0.2, 0) is 4.79 Å². The Bertz CT molecular complexity index is 1100. The van der Waals surface area contributed by atoms with Crippen molar-refractivity contribution in [2.45, 2.75) is 25.8 Å². The molecule has 5 heterocycles. The van der Waals surface area contributed by atoms with Gasteiger partial charge in [0.2, 0.25) is 5.91 Å². The smallest absolute Gasteiger partial charge is 0.220 e. The highest BCUT2D eigenvalue weighted by Gasteiger charge is 2.44. The second kappa shape index (κ2) is 6.36. The van der Waals surface area contributed by atoms with Gasteiger partial charge in [-0.2, -0.15) is 10.1 Å². The molecular weight excluding hydrogens is 406 g/mol. The molecule has 0 radical (unpaired) electrons. The average molecular weight is 426 g/mol. The summed E-state index contributed by atoms with van der Waals surface area (Å²) >= 11 is 6.36. The van der Waals surface area contributed by atoms with Crippen LogP contribution in [0, 0.1) is 0 Å². The summed E-state index contributed by atoms with van der Waals surface area (Å²) in [6, 6.07) is 8.12. The molecule has 2 aromatic rings. The molecule has 1 amide bonds. The van der Waals surface area contributed by atoms with Crippen LogP contribution < -0.4 is 10.0 Å². The number of aliphatic imine (C=N–C) groups is 1. The minimum Gasteiger partial charge on any atom is -0.334 e. The SMILES string of the molecule is CC(=O)N1CCCC1c1cnnn1N1CN=C2c3ccccc3N3CN(Cl)C=C3N21. The number of carbonyl (C=O) groups excluding carboxylic acids is 1. The Morgan fingerprint density at radius 3 is 3.00 bits per heavy atom. The van der Waals surface area contributed by atoms with E-state index in [1.165, 1.54) is 0 Å². The zero-order chi connectivity index (χ0) is 20.4. The topological polar surface area (TPSA) is 76.3 Å². The fourth-order valence-electron chi connectivity index (χ4n) is 4.74. The molecule has 1 unspecified atom stereocenters. The first kappa shape index (κ1) is 17.6. The number of amidine groups is 1. The number of para-hydroxylation sites is 1. The number of amides is 1. The lowest BCUT2D eigenvalue weighted by Gasteiger charge is -2.40. The molecule has 6 rings (SSSR count). The summed E-state index contributed by atoms with van der Waals surface area (Å²) in [6.07, 6.45) is 5.49. The van der Waals surface area contributed by atoms with E-state index in [1.54, 1.807) is 22.3 Å². The van der Waals surface area contributed by atoms with Gasteiger partial charge >= 0.3 is 0 Å². The first-order chi connectivity index (χ1) is 14.6. The average Bonchev–Trinajstić information content (AvgIpc) is 3.50. The van der Waals surface area contributed by atoms with E-state index >= 15 is 0 Å². The summed E-state index contributed by atoms with van der Waals surface area (Å²) in [5, 5.41) is 12.5. The van der Waals surface area contributed by atoms with Crippen molar-refractivity contribution in [3.63, 3.8) is 0 Å². The highest BCUT2D eigenvalue weighted by molar-refractivity contribution is 6.15. The second-order valence-corrected chi connectivity index (χ2v) is 8.13. The maximum Gasteiger partial charge on any atom is 0.220 e. The molecular formula is C19H20ClN9O. The molecule has 10 nitrogen and oxygen atoms in total. The Hall–Kier alpha value is -3.27. The van der Waals surface area contributed by atoms with Gasteiger partial charge in [0.05, 0.1) is 24.1 Å². The van der Waals surface area contributed by atoms with Crippen LogP contribution in [-0.4, -0.2) is 61.1 Å². The first-order valence-corrected chi connectivity index (χ1v) is 10.3. The molecule has 1 aromatic heterocycles. The third-order valence-electron chi connectivity index (χ3n) is 6.01. The van der Waals surface area contributed by atoms with Gasteiger partial charge in [-0.15, -0.1) is 9.89 Å². The van der Waals surface area contributed by atoms with E-state index in [0.717, 1.165) is 48.0 Å². The molecule has 0 spiro atoms. The summed E-state index contributed by atoms with van der Waals surface area (Å²) in [5.74, 6) is 1.81. The fraction of sp³-hybridized carbons (Fsp3) is 0.368. The van der Waals surface area contributed by atoms with E-state index < -0.39 is 0 Å². The van der Waals surface area contributed by atoms with Crippen molar-refractivity contribution in [3.8, 4) is 0 Å². The van der Waals surface area contributed by atoms with Gasteiger partial charge in [-0.3, -0.25) is 9.21 Å². The molecule has 0 bridgehead atoms. The highest BCUT2D eigenvalue weighted by Crippen LogP contribution is 2.40. The number of nitrogens with zero attached hydrogens (tertiary/aromatic N) is 9. The van der Waals surface area contributed by atoms with E-state index in [0.29, 0.717) is 13.3 Å². The number of rotatable bonds is 2. The Balaban J connectivity index is 1.43. The Morgan fingerprint density at radius 2 is 2.13 bits per heavy atom. The quantitative estimate of drug-likeness (QED) is 0.676. The van der Waals surface area contributed by atoms with Gasteiger partial charge in [0, 0.05) is 30.8 Å². The van der Waals surface area contributed by atoms with E-state index in [-0.39, 0.29) is 11.9 Å². The van der Waals surface area contributed by atoms with Crippen LogP contribution in [0.3, 0.4) is 0 Å². The molecule has 0 N–H and O–H groups in total. The molecule has 0 saturated carbocycles. The maximum absolute atomic E-state index is 12.1. The van der Waals surface area contributed by atoms with Crippen LogP contribution in [0.2, 0.25) is 0 Å². The number of hydrogen-bond acceptors (Lipinski definition) is 8. The minimum absolute atomic E-state index is 0.0446. The number of likely N-dealkylation sites (tertiary alicyclic amines) is 1. The normalized spacial score (nSPS) is 22.2. The van der Waals surface area contributed by atoms with Gasteiger partial charge in [0.15, 0.2) is 18.3 Å². The van der Waals surface area contributed by atoms with Crippen LogP contribution in [0.25, 0.3) is 0 Å². The third-order valence-corrected chi connectivity index (χ3v) is 6.22. The van der Waals surface area contributed by atoms with Gasteiger partial charge in [-0.05, 0) is 30.2 Å². The Kier molecular flexibility index (Phi) is 3.73. The van der Waals surface area contributed by atoms with Crippen LogP contribution >= 0.6 is 11.8 Å². The van der Waals surface area contributed by atoms with Gasteiger partial charge < -0.3 is 9.80 Å². The first-order valence-electron chi connectivity index (χ1n) is 9.95. The highest BCUT2D eigenvalue weighted by atomic mass is 35.5. The van der Waals surface area contributed by atoms with Crippen molar-refractivity contribution in [1.82, 2.24) is 29.4 Å². The number of halogens is 1. The van der Waals surface area contributed by atoms with Gasteiger partial charge in [0.1, 0.15) is 12.4 Å². The lowest BCUT2D eigenvalue weighted by Crippen LogP contribution is -2.54. The van der Waals surface area contributed by atoms with E-state index in [1.807, 2.05) is 33.4 Å². The van der Waals surface area contributed by atoms with E-state index in [2.05, 4.69) is 27.3 Å². The van der Waals surface area contributed by atoms with Gasteiger partial charge in [0.25, 0.3) is 0 Å². The number of benzene rings is 1. The molecule has 1 aromatic carbocycles.